The summed E-state index contributed by atoms with van der Waals surface area (Å²) in [5, 5.41) is 23.5. The fourth-order valence-corrected chi connectivity index (χ4v) is 4.50. The summed E-state index contributed by atoms with van der Waals surface area (Å²) in [4.78, 5) is 29.3. The zero-order valence-electron chi connectivity index (χ0n) is 17.9. The highest BCUT2D eigenvalue weighted by Crippen LogP contribution is 2.36. The predicted molar refractivity (Wildman–Crippen MR) is 130 cm³/mol. The SMILES string of the molecule is CN1CCN(C(=O)CNCc2cc(Br)c3oc(-c4ccc(O)c(Cl)c4)c(O)c(=O)c3c2)CC1. The Kier molecular flexibility index (Phi) is 6.94. The lowest BCUT2D eigenvalue weighted by molar-refractivity contribution is -0.131. The number of benzene rings is 2. The first-order valence-electron chi connectivity index (χ1n) is 10.4. The minimum atomic E-state index is -0.591. The average Bonchev–Trinajstić information content (AvgIpc) is 2.79. The first-order chi connectivity index (χ1) is 15.7. The van der Waals surface area contributed by atoms with E-state index < -0.39 is 11.2 Å². The molecule has 0 unspecified atom stereocenters. The number of likely N-dealkylation sites (N-methyl/N-ethyl adjacent to an activating group) is 1. The number of rotatable bonds is 5. The lowest BCUT2D eigenvalue weighted by atomic mass is 10.1. The van der Waals surface area contributed by atoms with Crippen molar-refractivity contribution in [3.63, 3.8) is 0 Å². The van der Waals surface area contributed by atoms with E-state index in [0.717, 1.165) is 18.7 Å². The summed E-state index contributed by atoms with van der Waals surface area (Å²) >= 11 is 9.40. The molecule has 33 heavy (non-hydrogen) atoms. The minimum Gasteiger partial charge on any atom is -0.506 e. The number of phenolic OH excluding ortho intramolecular Hbond substituents is 1. The van der Waals surface area contributed by atoms with E-state index in [1.165, 1.54) is 18.2 Å². The van der Waals surface area contributed by atoms with Crippen LogP contribution < -0.4 is 10.7 Å². The molecule has 1 aliphatic rings. The lowest BCUT2D eigenvalue weighted by Crippen LogP contribution is -2.49. The Morgan fingerprint density at radius 2 is 1.91 bits per heavy atom. The third-order valence-corrected chi connectivity index (χ3v) is 6.55. The summed E-state index contributed by atoms with van der Waals surface area (Å²) in [7, 11) is 2.04. The van der Waals surface area contributed by atoms with Crippen LogP contribution in [0.1, 0.15) is 5.56 Å². The fraction of sp³-hybridized carbons (Fsp3) is 0.304. The van der Waals surface area contributed by atoms with Crippen molar-refractivity contribution in [2.24, 2.45) is 0 Å². The number of nitrogens with zero attached hydrogens (tertiary/aromatic N) is 2. The number of fused-ring (bicyclic) bond motifs is 1. The van der Waals surface area contributed by atoms with Gasteiger partial charge in [-0.3, -0.25) is 9.59 Å². The van der Waals surface area contributed by atoms with Gasteiger partial charge in [-0.2, -0.15) is 0 Å². The first kappa shape index (κ1) is 23.6. The van der Waals surface area contributed by atoms with E-state index in [0.29, 0.717) is 29.7 Å². The molecule has 1 aromatic heterocycles. The van der Waals surface area contributed by atoms with Crippen molar-refractivity contribution in [2.75, 3.05) is 39.8 Å². The summed E-state index contributed by atoms with van der Waals surface area (Å²) in [6, 6.07) is 7.68. The standard InChI is InChI=1S/C23H23BrClN3O5/c1-27-4-6-28(7-5-27)19(30)12-26-11-13-8-15-20(31)21(32)22(33-23(15)16(24)9-13)14-2-3-18(29)17(25)10-14/h2-3,8-10,26,29,32H,4-7,11-12H2,1H3. The van der Waals surface area contributed by atoms with Gasteiger partial charge in [0, 0.05) is 38.3 Å². The van der Waals surface area contributed by atoms with Gasteiger partial charge < -0.3 is 29.7 Å². The van der Waals surface area contributed by atoms with Crippen LogP contribution in [0.2, 0.25) is 5.02 Å². The molecule has 1 aliphatic heterocycles. The number of carbonyl (C=O) groups excluding carboxylic acids is 1. The van der Waals surface area contributed by atoms with Crippen LogP contribution in [-0.2, 0) is 11.3 Å². The summed E-state index contributed by atoms with van der Waals surface area (Å²) in [6.45, 7) is 3.71. The smallest absolute Gasteiger partial charge is 0.236 e. The zero-order valence-corrected chi connectivity index (χ0v) is 20.2. The third-order valence-electron chi connectivity index (χ3n) is 5.65. The molecule has 1 fully saturated rings. The Morgan fingerprint density at radius 1 is 1.18 bits per heavy atom. The highest BCUT2D eigenvalue weighted by molar-refractivity contribution is 9.10. The van der Waals surface area contributed by atoms with Crippen molar-refractivity contribution in [3.8, 4) is 22.8 Å². The quantitative estimate of drug-likeness (QED) is 0.460. The topological polar surface area (TPSA) is 106 Å². The van der Waals surface area contributed by atoms with Gasteiger partial charge in [-0.25, -0.2) is 0 Å². The van der Waals surface area contributed by atoms with E-state index >= 15 is 0 Å². The number of hydrogen-bond acceptors (Lipinski definition) is 7. The fourth-order valence-electron chi connectivity index (χ4n) is 3.73. The Balaban J connectivity index is 1.54. The van der Waals surface area contributed by atoms with Crippen molar-refractivity contribution < 1.29 is 19.4 Å². The third kappa shape index (κ3) is 5.01. The van der Waals surface area contributed by atoms with Crippen molar-refractivity contribution in [1.82, 2.24) is 15.1 Å². The number of amides is 1. The second kappa shape index (κ2) is 9.72. The van der Waals surface area contributed by atoms with Crippen molar-refractivity contribution in [3.05, 3.63) is 55.6 Å². The number of carbonyl (C=O) groups is 1. The average molecular weight is 537 g/mol. The van der Waals surface area contributed by atoms with Crippen LogP contribution in [0.5, 0.6) is 11.5 Å². The van der Waals surface area contributed by atoms with E-state index in [1.807, 2.05) is 11.9 Å². The predicted octanol–water partition coefficient (Wildman–Crippen LogP) is 3.15. The van der Waals surface area contributed by atoms with Gasteiger partial charge in [0.05, 0.1) is 21.4 Å². The molecule has 10 heteroatoms. The van der Waals surface area contributed by atoms with Crippen LogP contribution in [0.4, 0.5) is 0 Å². The number of aromatic hydroxyl groups is 2. The van der Waals surface area contributed by atoms with Crippen LogP contribution in [0.15, 0.2) is 44.0 Å². The Hall–Kier alpha value is -2.59. The van der Waals surface area contributed by atoms with Gasteiger partial charge in [-0.1, -0.05) is 11.6 Å². The molecule has 0 bridgehead atoms. The molecule has 0 saturated carbocycles. The van der Waals surface area contributed by atoms with Crippen LogP contribution >= 0.6 is 27.5 Å². The van der Waals surface area contributed by atoms with Crippen molar-refractivity contribution in [2.45, 2.75) is 6.54 Å². The summed E-state index contributed by atoms with van der Waals surface area (Å²) in [5.41, 5.74) is 0.794. The number of halogens is 2. The normalized spacial score (nSPS) is 14.7. The summed E-state index contributed by atoms with van der Waals surface area (Å²) in [6.07, 6.45) is 0. The monoisotopic (exact) mass is 535 g/mol. The highest BCUT2D eigenvalue weighted by atomic mass is 79.9. The zero-order chi connectivity index (χ0) is 23.7. The van der Waals surface area contributed by atoms with E-state index in [4.69, 9.17) is 16.0 Å². The number of piperazine rings is 1. The number of hydrogen-bond donors (Lipinski definition) is 3. The molecular weight excluding hydrogens is 514 g/mol. The lowest BCUT2D eigenvalue weighted by Gasteiger charge is -2.32. The van der Waals surface area contributed by atoms with Gasteiger partial charge in [0.1, 0.15) is 5.75 Å². The second-order valence-corrected chi connectivity index (χ2v) is 9.28. The molecule has 174 valence electrons. The summed E-state index contributed by atoms with van der Waals surface area (Å²) in [5.74, 6) is -0.671. The van der Waals surface area contributed by atoms with Gasteiger partial charge >= 0.3 is 0 Å². The molecule has 3 aromatic rings. The van der Waals surface area contributed by atoms with Crippen molar-refractivity contribution in [1.29, 1.82) is 0 Å². The molecule has 8 nitrogen and oxygen atoms in total. The molecule has 4 rings (SSSR count). The Morgan fingerprint density at radius 3 is 2.61 bits per heavy atom. The van der Waals surface area contributed by atoms with Crippen LogP contribution in [0.3, 0.4) is 0 Å². The minimum absolute atomic E-state index is 0.0392. The molecule has 0 radical (unpaired) electrons. The Bertz CT molecular complexity index is 1270. The second-order valence-electron chi connectivity index (χ2n) is 8.02. The molecule has 0 aliphatic carbocycles. The molecule has 0 atom stereocenters. The molecule has 1 saturated heterocycles. The van der Waals surface area contributed by atoms with E-state index in [-0.39, 0.29) is 40.0 Å². The molecular formula is C23H23BrClN3O5. The van der Waals surface area contributed by atoms with Crippen molar-refractivity contribution >= 4 is 44.4 Å². The van der Waals surface area contributed by atoms with E-state index in [2.05, 4.69) is 26.1 Å². The maximum Gasteiger partial charge on any atom is 0.236 e. The summed E-state index contributed by atoms with van der Waals surface area (Å²) < 4.78 is 6.38. The van der Waals surface area contributed by atoms with Gasteiger partial charge in [0.15, 0.2) is 11.3 Å². The first-order valence-corrected chi connectivity index (χ1v) is 11.6. The van der Waals surface area contributed by atoms with Crippen LogP contribution in [0.25, 0.3) is 22.3 Å². The molecule has 0 spiro atoms. The van der Waals surface area contributed by atoms with Gasteiger partial charge in [0.2, 0.25) is 17.1 Å². The molecule has 2 aromatic carbocycles. The van der Waals surface area contributed by atoms with Crippen LogP contribution in [-0.4, -0.2) is 65.7 Å². The molecule has 3 N–H and O–H groups in total. The van der Waals surface area contributed by atoms with E-state index in [1.54, 1.807) is 12.1 Å². The molecule has 2 heterocycles. The maximum absolute atomic E-state index is 12.9. The van der Waals surface area contributed by atoms with Gasteiger partial charge in [-0.05, 0) is 58.9 Å². The molecule has 1 amide bonds. The largest absolute Gasteiger partial charge is 0.506 e. The van der Waals surface area contributed by atoms with Crippen LogP contribution in [0, 0.1) is 0 Å². The van der Waals surface area contributed by atoms with E-state index in [9.17, 15) is 19.8 Å². The highest BCUT2D eigenvalue weighted by Gasteiger charge is 2.20. The van der Waals surface area contributed by atoms with Gasteiger partial charge in [0.25, 0.3) is 0 Å². The number of phenols is 1. The maximum atomic E-state index is 12.9. The number of nitrogens with one attached hydrogen (secondary N) is 1. The van der Waals surface area contributed by atoms with Gasteiger partial charge in [-0.15, -0.1) is 0 Å². The Labute approximate surface area is 203 Å².